The summed E-state index contributed by atoms with van der Waals surface area (Å²) in [4.78, 5) is 10.5. The molecule has 0 fully saturated rings. The highest BCUT2D eigenvalue weighted by molar-refractivity contribution is 5.66. The largest absolute Gasteiger partial charge is 0.481 e. The fourth-order valence-corrected chi connectivity index (χ4v) is 3.27. The highest BCUT2D eigenvalue weighted by Crippen LogP contribution is 2.37. The lowest BCUT2D eigenvalue weighted by atomic mass is 10.1. The van der Waals surface area contributed by atoms with E-state index in [1.807, 2.05) is 6.08 Å². The van der Waals surface area contributed by atoms with Gasteiger partial charge in [-0.3, -0.25) is 4.79 Å². The van der Waals surface area contributed by atoms with Crippen LogP contribution in [0.2, 0.25) is 0 Å². The van der Waals surface area contributed by atoms with Crippen LogP contribution < -0.4 is 0 Å². The van der Waals surface area contributed by atoms with Gasteiger partial charge in [-0.25, -0.2) is 0 Å². The Kier molecular flexibility index (Phi) is 13.2. The lowest BCUT2D eigenvalue weighted by Gasteiger charge is -2.25. The molecule has 30 heavy (non-hydrogen) atoms. The van der Waals surface area contributed by atoms with Gasteiger partial charge in [0.25, 0.3) is 0 Å². The molecule has 0 saturated heterocycles. The molecular weight excluding hydrogens is 393 g/mol. The van der Waals surface area contributed by atoms with E-state index in [9.17, 15) is 18.0 Å². The van der Waals surface area contributed by atoms with Gasteiger partial charge < -0.3 is 9.84 Å². The maximum atomic E-state index is 13.7. The fraction of sp³-hybridized carbons (Fsp3) is 0.625. The van der Waals surface area contributed by atoms with Crippen molar-refractivity contribution >= 4 is 5.97 Å². The molecule has 0 aromatic heterocycles. The van der Waals surface area contributed by atoms with E-state index < -0.39 is 24.4 Å². The number of hydrogen-bond acceptors (Lipinski definition) is 2. The first kappa shape index (κ1) is 26.2. The number of allylic oxidation sites excluding steroid dienone is 1. The first-order chi connectivity index (χ1) is 14.3. The average molecular weight is 429 g/mol. The van der Waals surface area contributed by atoms with E-state index in [1.54, 1.807) is 24.3 Å². The van der Waals surface area contributed by atoms with Crippen LogP contribution in [0.4, 0.5) is 13.2 Å². The average Bonchev–Trinajstić information content (AvgIpc) is 2.69. The Hall–Kier alpha value is -1.82. The van der Waals surface area contributed by atoms with Gasteiger partial charge in [-0.1, -0.05) is 87.9 Å². The predicted molar refractivity (Wildman–Crippen MR) is 113 cm³/mol. The summed E-state index contributed by atoms with van der Waals surface area (Å²) in [5, 5.41) is 8.65. The predicted octanol–water partition coefficient (Wildman–Crippen LogP) is 7.63. The number of carbonyl (C=O) groups is 1. The zero-order valence-corrected chi connectivity index (χ0v) is 17.9. The SMILES string of the molecule is CCCCCCC[C@@H](/C=C/CCCCCC(=O)O)O[C@H](c1ccccc1)C(F)(F)F. The third kappa shape index (κ3) is 12.0. The molecule has 0 radical (unpaired) electrons. The molecule has 1 N–H and O–H groups in total. The van der Waals surface area contributed by atoms with Crippen LogP contribution in [0.25, 0.3) is 0 Å². The summed E-state index contributed by atoms with van der Waals surface area (Å²) in [6.07, 6.45) is 5.36. The Balaban J connectivity index is 2.68. The zero-order chi connectivity index (χ0) is 22.2. The second kappa shape index (κ2) is 15.1. The molecule has 2 atom stereocenters. The summed E-state index contributed by atoms with van der Waals surface area (Å²) < 4.78 is 46.5. The van der Waals surface area contributed by atoms with Crippen molar-refractivity contribution in [2.24, 2.45) is 0 Å². The van der Waals surface area contributed by atoms with Crippen LogP contribution in [0, 0.1) is 0 Å². The van der Waals surface area contributed by atoms with E-state index in [4.69, 9.17) is 9.84 Å². The first-order valence-electron chi connectivity index (χ1n) is 11.0. The molecule has 1 aromatic carbocycles. The van der Waals surface area contributed by atoms with Crippen LogP contribution in [-0.2, 0) is 9.53 Å². The molecule has 0 aliphatic carbocycles. The number of ether oxygens (including phenoxy) is 1. The molecule has 0 amide bonds. The van der Waals surface area contributed by atoms with Gasteiger partial charge >= 0.3 is 12.1 Å². The Bertz CT molecular complexity index is 599. The van der Waals surface area contributed by atoms with Crippen molar-refractivity contribution in [3.05, 3.63) is 48.0 Å². The maximum absolute atomic E-state index is 13.7. The summed E-state index contributed by atoms with van der Waals surface area (Å²) in [5.74, 6) is -0.804. The van der Waals surface area contributed by atoms with Crippen molar-refractivity contribution in [3.63, 3.8) is 0 Å². The van der Waals surface area contributed by atoms with Crippen molar-refractivity contribution in [2.45, 2.75) is 95.9 Å². The van der Waals surface area contributed by atoms with Crippen LogP contribution in [0.5, 0.6) is 0 Å². The van der Waals surface area contributed by atoms with E-state index in [0.29, 0.717) is 19.3 Å². The van der Waals surface area contributed by atoms with Crippen molar-refractivity contribution in [2.75, 3.05) is 0 Å². The van der Waals surface area contributed by atoms with Gasteiger partial charge in [0.2, 0.25) is 0 Å². The highest BCUT2D eigenvalue weighted by Gasteiger charge is 2.42. The molecule has 6 heteroatoms. The van der Waals surface area contributed by atoms with Gasteiger partial charge in [0, 0.05) is 6.42 Å². The molecule has 0 unspecified atom stereocenters. The van der Waals surface area contributed by atoms with Crippen LogP contribution in [0.3, 0.4) is 0 Å². The monoisotopic (exact) mass is 428 g/mol. The number of carboxylic acid groups (broad SMARTS) is 1. The van der Waals surface area contributed by atoms with Crippen molar-refractivity contribution < 1.29 is 27.8 Å². The van der Waals surface area contributed by atoms with Gasteiger partial charge in [0.15, 0.2) is 6.10 Å². The highest BCUT2D eigenvalue weighted by atomic mass is 19.4. The van der Waals surface area contributed by atoms with Gasteiger partial charge in [-0.15, -0.1) is 0 Å². The maximum Gasteiger partial charge on any atom is 0.418 e. The Morgan fingerprint density at radius 3 is 2.33 bits per heavy atom. The smallest absolute Gasteiger partial charge is 0.418 e. The summed E-state index contributed by atoms with van der Waals surface area (Å²) in [7, 11) is 0. The molecular formula is C24H35F3O3. The summed E-state index contributed by atoms with van der Waals surface area (Å²) in [5.41, 5.74) is 0.114. The second-order valence-corrected chi connectivity index (χ2v) is 7.63. The molecule has 1 aromatic rings. The Morgan fingerprint density at radius 1 is 1.03 bits per heavy atom. The van der Waals surface area contributed by atoms with Crippen molar-refractivity contribution in [1.29, 1.82) is 0 Å². The Labute approximate surface area is 178 Å². The zero-order valence-electron chi connectivity index (χ0n) is 17.9. The van der Waals surface area contributed by atoms with Gasteiger partial charge in [-0.2, -0.15) is 13.2 Å². The van der Waals surface area contributed by atoms with Crippen LogP contribution in [-0.4, -0.2) is 23.4 Å². The lowest BCUT2D eigenvalue weighted by molar-refractivity contribution is -0.232. The molecule has 0 aliphatic rings. The van der Waals surface area contributed by atoms with Crippen LogP contribution >= 0.6 is 0 Å². The minimum atomic E-state index is -4.48. The second-order valence-electron chi connectivity index (χ2n) is 7.63. The van der Waals surface area contributed by atoms with E-state index in [1.165, 1.54) is 12.1 Å². The summed E-state index contributed by atoms with van der Waals surface area (Å²) in [6, 6.07) is 7.76. The fourth-order valence-electron chi connectivity index (χ4n) is 3.27. The number of aliphatic carboxylic acids is 1. The number of rotatable bonds is 16. The number of benzene rings is 1. The number of halogens is 3. The number of alkyl halides is 3. The molecule has 0 saturated carbocycles. The standard InChI is InChI=1S/C24H35F3O3/c1-2-3-4-6-12-17-21(18-13-7-5-8-14-19-22(28)29)30-23(24(25,26)27)20-15-10-9-11-16-20/h9-11,13,15-16,18,21,23H,2-8,12,14,17,19H2,1H3,(H,28,29)/b18-13+/t21-,23+/m0/s1. The van der Waals surface area contributed by atoms with E-state index >= 15 is 0 Å². The van der Waals surface area contributed by atoms with Gasteiger partial charge in [-0.05, 0) is 31.2 Å². The third-order valence-electron chi connectivity index (χ3n) is 4.91. The summed E-state index contributed by atoms with van der Waals surface area (Å²) in [6.45, 7) is 2.12. The molecule has 3 nitrogen and oxygen atoms in total. The number of hydrogen-bond donors (Lipinski definition) is 1. The van der Waals surface area contributed by atoms with E-state index in [-0.39, 0.29) is 12.0 Å². The quantitative estimate of drug-likeness (QED) is 0.217. The Morgan fingerprint density at radius 2 is 1.70 bits per heavy atom. The van der Waals surface area contributed by atoms with Gasteiger partial charge in [0.1, 0.15) is 0 Å². The van der Waals surface area contributed by atoms with Crippen molar-refractivity contribution in [1.82, 2.24) is 0 Å². The number of carboxylic acids is 1. The van der Waals surface area contributed by atoms with Crippen molar-refractivity contribution in [3.8, 4) is 0 Å². The van der Waals surface area contributed by atoms with E-state index in [2.05, 4.69) is 6.92 Å². The normalized spacial score (nSPS) is 14.1. The molecule has 0 spiro atoms. The first-order valence-corrected chi connectivity index (χ1v) is 11.0. The minimum absolute atomic E-state index is 0.114. The van der Waals surface area contributed by atoms with Crippen LogP contribution in [0.15, 0.2) is 42.5 Å². The molecule has 1 rings (SSSR count). The third-order valence-corrected chi connectivity index (χ3v) is 4.91. The molecule has 0 bridgehead atoms. The van der Waals surface area contributed by atoms with Gasteiger partial charge in [0.05, 0.1) is 6.10 Å². The molecule has 0 aliphatic heterocycles. The summed E-state index contributed by atoms with van der Waals surface area (Å²) >= 11 is 0. The van der Waals surface area contributed by atoms with E-state index in [0.717, 1.165) is 44.9 Å². The molecule has 170 valence electrons. The minimum Gasteiger partial charge on any atom is -0.481 e. The lowest BCUT2D eigenvalue weighted by Crippen LogP contribution is -2.27. The topological polar surface area (TPSA) is 46.5 Å². The molecule has 0 heterocycles. The van der Waals surface area contributed by atoms with Crippen LogP contribution in [0.1, 0.15) is 89.2 Å². The number of unbranched alkanes of at least 4 members (excludes halogenated alkanes) is 7.